The Bertz CT molecular complexity index is 553. The summed E-state index contributed by atoms with van der Waals surface area (Å²) in [5.41, 5.74) is -0.664. The minimum atomic E-state index is -2.03. The Labute approximate surface area is 169 Å². The SMILES string of the molecule is CC(C)(C)OC(=O)CN1C(=O)[C@H](CO)[C@@H]1O[C@@H](CO)CO[Si](C)(C)C(C)(C)C. The average molecular weight is 420 g/mol. The van der Waals surface area contributed by atoms with E-state index in [1.807, 2.05) is 0 Å². The number of ether oxygens (including phenoxy) is 2. The molecule has 28 heavy (non-hydrogen) atoms. The van der Waals surface area contributed by atoms with Gasteiger partial charge in [0.1, 0.15) is 30.4 Å². The van der Waals surface area contributed by atoms with Crippen LogP contribution in [-0.4, -0.2) is 79.6 Å². The monoisotopic (exact) mass is 419 g/mol. The third kappa shape index (κ3) is 6.52. The molecule has 0 saturated carbocycles. The molecule has 1 heterocycles. The molecule has 0 spiro atoms. The molecule has 164 valence electrons. The predicted molar refractivity (Wildman–Crippen MR) is 107 cm³/mol. The number of aliphatic hydroxyl groups excluding tert-OH is 2. The summed E-state index contributed by atoms with van der Waals surface area (Å²) in [7, 11) is -2.03. The molecule has 0 aromatic carbocycles. The number of β-lactam (4-membered cyclic amide) rings is 1. The normalized spacial score (nSPS) is 22.1. The number of hydrogen-bond donors (Lipinski definition) is 2. The third-order valence-electron chi connectivity index (χ3n) is 5.14. The number of rotatable bonds is 9. The average Bonchev–Trinajstić information content (AvgIpc) is 2.52. The first-order valence-electron chi connectivity index (χ1n) is 9.66. The van der Waals surface area contributed by atoms with E-state index in [4.69, 9.17) is 13.9 Å². The van der Waals surface area contributed by atoms with Gasteiger partial charge in [0.25, 0.3) is 0 Å². The second-order valence-corrected chi connectivity index (χ2v) is 14.6. The van der Waals surface area contributed by atoms with Gasteiger partial charge in [-0.05, 0) is 38.9 Å². The van der Waals surface area contributed by atoms with Crippen molar-refractivity contribution in [2.75, 3.05) is 26.4 Å². The van der Waals surface area contributed by atoms with E-state index in [-0.39, 0.29) is 30.7 Å². The van der Waals surface area contributed by atoms with Gasteiger partial charge in [0.05, 0.1) is 19.8 Å². The second kappa shape index (κ2) is 9.21. The minimum absolute atomic E-state index is 0.00975. The van der Waals surface area contributed by atoms with E-state index < -0.39 is 44.7 Å². The van der Waals surface area contributed by atoms with Crippen molar-refractivity contribution in [1.29, 1.82) is 0 Å². The van der Waals surface area contributed by atoms with Crippen LogP contribution in [0, 0.1) is 5.92 Å². The fourth-order valence-electron chi connectivity index (χ4n) is 2.46. The fraction of sp³-hybridized carbons (Fsp3) is 0.895. The highest BCUT2D eigenvalue weighted by molar-refractivity contribution is 6.74. The summed E-state index contributed by atoms with van der Waals surface area (Å²) in [6, 6.07) is 0. The third-order valence-corrected chi connectivity index (χ3v) is 9.64. The van der Waals surface area contributed by atoms with E-state index >= 15 is 0 Å². The molecular weight excluding hydrogens is 382 g/mol. The molecule has 0 unspecified atom stereocenters. The second-order valence-electron chi connectivity index (χ2n) is 9.74. The Morgan fingerprint density at radius 3 is 2.18 bits per heavy atom. The highest BCUT2D eigenvalue weighted by atomic mass is 28.4. The summed E-state index contributed by atoms with van der Waals surface area (Å²) in [6.07, 6.45) is -1.47. The Kier molecular flexibility index (Phi) is 8.23. The van der Waals surface area contributed by atoms with E-state index in [1.165, 1.54) is 4.90 Å². The minimum Gasteiger partial charge on any atom is -0.459 e. The quantitative estimate of drug-likeness (QED) is 0.331. The zero-order valence-electron chi connectivity index (χ0n) is 18.4. The van der Waals surface area contributed by atoms with E-state index in [0.29, 0.717) is 0 Å². The van der Waals surface area contributed by atoms with Gasteiger partial charge in [0.2, 0.25) is 5.91 Å². The number of carbonyl (C=O) groups excluding carboxylic acids is 2. The number of carbonyl (C=O) groups is 2. The van der Waals surface area contributed by atoms with Gasteiger partial charge in [-0.25, -0.2) is 0 Å². The highest BCUT2D eigenvalue weighted by Gasteiger charge is 2.50. The van der Waals surface area contributed by atoms with Crippen molar-refractivity contribution >= 4 is 20.2 Å². The van der Waals surface area contributed by atoms with Gasteiger partial charge in [-0.2, -0.15) is 0 Å². The highest BCUT2D eigenvalue weighted by Crippen LogP contribution is 2.37. The van der Waals surface area contributed by atoms with Crippen LogP contribution in [0.2, 0.25) is 18.1 Å². The lowest BCUT2D eigenvalue weighted by atomic mass is 9.96. The van der Waals surface area contributed by atoms with Crippen molar-refractivity contribution in [3.05, 3.63) is 0 Å². The molecule has 0 bridgehead atoms. The molecule has 1 aliphatic heterocycles. The first-order valence-corrected chi connectivity index (χ1v) is 12.6. The molecule has 0 aromatic rings. The lowest BCUT2D eigenvalue weighted by Crippen LogP contribution is -2.65. The van der Waals surface area contributed by atoms with Crippen LogP contribution in [-0.2, 0) is 23.5 Å². The van der Waals surface area contributed by atoms with Gasteiger partial charge in [0.15, 0.2) is 8.32 Å². The van der Waals surface area contributed by atoms with Crippen LogP contribution in [0.4, 0.5) is 0 Å². The van der Waals surface area contributed by atoms with E-state index in [0.717, 1.165) is 0 Å². The number of likely N-dealkylation sites (tertiary alicyclic amines) is 1. The molecule has 1 saturated heterocycles. The first-order chi connectivity index (χ1) is 12.6. The van der Waals surface area contributed by atoms with Crippen LogP contribution in [0.3, 0.4) is 0 Å². The molecule has 3 atom stereocenters. The van der Waals surface area contributed by atoms with Crippen LogP contribution in [0.1, 0.15) is 41.5 Å². The van der Waals surface area contributed by atoms with Crippen molar-refractivity contribution in [3.63, 3.8) is 0 Å². The number of aliphatic hydroxyl groups is 2. The molecule has 2 N–H and O–H groups in total. The standard InChI is InChI=1S/C19H37NO7Si/c1-18(2,3)27-15(23)9-20-16(24)14(11-22)17(20)26-13(10-21)12-25-28(7,8)19(4,5)6/h13-14,17,21-22H,9-12H2,1-8H3/t13-,14-,17-/m0/s1. The molecule has 1 fully saturated rings. The van der Waals surface area contributed by atoms with Gasteiger partial charge in [0, 0.05) is 0 Å². The van der Waals surface area contributed by atoms with Crippen molar-refractivity contribution in [2.45, 2.75) is 77.6 Å². The maximum absolute atomic E-state index is 12.2. The summed E-state index contributed by atoms with van der Waals surface area (Å²) in [5, 5.41) is 19.2. The van der Waals surface area contributed by atoms with Gasteiger partial charge >= 0.3 is 5.97 Å². The molecule has 0 aromatic heterocycles. The largest absolute Gasteiger partial charge is 0.459 e. The van der Waals surface area contributed by atoms with Crippen molar-refractivity contribution < 1.29 is 33.7 Å². The Balaban J connectivity index is 2.75. The van der Waals surface area contributed by atoms with Gasteiger partial charge in [-0.15, -0.1) is 0 Å². The molecule has 9 heteroatoms. The smallest absolute Gasteiger partial charge is 0.326 e. The van der Waals surface area contributed by atoms with Crippen LogP contribution in [0.5, 0.6) is 0 Å². The van der Waals surface area contributed by atoms with Gasteiger partial charge in [-0.1, -0.05) is 20.8 Å². The lowest BCUT2D eigenvalue weighted by molar-refractivity contribution is -0.219. The van der Waals surface area contributed by atoms with Gasteiger partial charge in [-0.3, -0.25) is 9.59 Å². The zero-order valence-corrected chi connectivity index (χ0v) is 19.4. The van der Waals surface area contributed by atoms with E-state index in [2.05, 4.69) is 33.9 Å². The summed E-state index contributed by atoms with van der Waals surface area (Å²) in [4.78, 5) is 25.5. The maximum atomic E-state index is 12.2. The Hall–Kier alpha value is -1.00. The first kappa shape index (κ1) is 25.0. The predicted octanol–water partition coefficient (Wildman–Crippen LogP) is 1.50. The van der Waals surface area contributed by atoms with Crippen LogP contribution in [0.25, 0.3) is 0 Å². The molecule has 8 nitrogen and oxygen atoms in total. The summed E-state index contributed by atoms with van der Waals surface area (Å²) in [5.74, 6) is -1.69. The van der Waals surface area contributed by atoms with Crippen LogP contribution < -0.4 is 0 Å². The molecule has 0 aliphatic carbocycles. The lowest BCUT2D eigenvalue weighted by Gasteiger charge is -2.47. The molecule has 0 radical (unpaired) electrons. The fourth-order valence-corrected chi connectivity index (χ4v) is 3.50. The molecule has 1 aliphatic rings. The van der Waals surface area contributed by atoms with Crippen LogP contribution >= 0.6 is 0 Å². The topological polar surface area (TPSA) is 106 Å². The van der Waals surface area contributed by atoms with Crippen molar-refractivity contribution in [3.8, 4) is 0 Å². The zero-order chi connectivity index (χ0) is 21.9. The van der Waals surface area contributed by atoms with Crippen molar-refractivity contribution in [1.82, 2.24) is 4.90 Å². The van der Waals surface area contributed by atoms with Crippen LogP contribution in [0.15, 0.2) is 0 Å². The number of amides is 1. The summed E-state index contributed by atoms with van der Waals surface area (Å²) >= 11 is 0. The summed E-state index contributed by atoms with van der Waals surface area (Å²) < 4.78 is 17.2. The molecule has 1 amide bonds. The molecule has 1 rings (SSSR count). The van der Waals surface area contributed by atoms with E-state index in [9.17, 15) is 19.8 Å². The number of nitrogens with zero attached hydrogens (tertiary/aromatic N) is 1. The number of hydrogen-bond acceptors (Lipinski definition) is 7. The Morgan fingerprint density at radius 2 is 1.75 bits per heavy atom. The maximum Gasteiger partial charge on any atom is 0.326 e. The Morgan fingerprint density at radius 1 is 1.18 bits per heavy atom. The number of esters is 1. The van der Waals surface area contributed by atoms with E-state index in [1.54, 1.807) is 20.8 Å². The van der Waals surface area contributed by atoms with Crippen molar-refractivity contribution in [2.24, 2.45) is 5.92 Å². The van der Waals surface area contributed by atoms with Gasteiger partial charge < -0.3 is 29.0 Å². The molecular formula is C19H37NO7Si. The summed E-state index contributed by atoms with van der Waals surface area (Å²) in [6.45, 7) is 15.0.